The van der Waals surface area contributed by atoms with Crippen molar-refractivity contribution in [1.29, 1.82) is 5.41 Å². The summed E-state index contributed by atoms with van der Waals surface area (Å²) in [5.41, 5.74) is 3.98. The summed E-state index contributed by atoms with van der Waals surface area (Å²) in [4.78, 5) is 4.81. The van der Waals surface area contributed by atoms with Gasteiger partial charge in [0.05, 0.1) is 7.11 Å². The van der Waals surface area contributed by atoms with E-state index in [9.17, 15) is 0 Å². The number of hydrogen-bond acceptors (Lipinski definition) is 5. The SMILES string of the molecule is COc1cc(C=N)cc(-c2ccccc2)c1OCCN1CCN(c2ccc(Cl)cc2)CC1. The van der Waals surface area contributed by atoms with Gasteiger partial charge in [0.1, 0.15) is 6.61 Å². The quantitative estimate of drug-likeness (QED) is 0.479. The van der Waals surface area contributed by atoms with Gasteiger partial charge >= 0.3 is 0 Å². The number of methoxy groups -OCH3 is 1. The second-order valence-corrected chi connectivity index (χ2v) is 8.20. The number of anilines is 1. The Bertz CT molecular complexity index is 1030. The van der Waals surface area contributed by atoms with E-state index >= 15 is 0 Å². The van der Waals surface area contributed by atoms with Crippen molar-refractivity contribution < 1.29 is 9.47 Å². The van der Waals surface area contributed by atoms with Crippen molar-refractivity contribution in [3.63, 3.8) is 0 Å². The summed E-state index contributed by atoms with van der Waals surface area (Å²) in [6.07, 6.45) is 1.33. The van der Waals surface area contributed by atoms with Crippen molar-refractivity contribution in [3.05, 3.63) is 77.3 Å². The van der Waals surface area contributed by atoms with Crippen molar-refractivity contribution in [3.8, 4) is 22.6 Å². The lowest BCUT2D eigenvalue weighted by molar-refractivity contribution is 0.197. The van der Waals surface area contributed by atoms with Crippen LogP contribution in [0.4, 0.5) is 5.69 Å². The van der Waals surface area contributed by atoms with Crippen LogP contribution in [0, 0.1) is 5.41 Å². The highest BCUT2D eigenvalue weighted by Crippen LogP contribution is 2.39. The monoisotopic (exact) mass is 449 g/mol. The Morgan fingerprint density at radius 2 is 1.69 bits per heavy atom. The Morgan fingerprint density at radius 3 is 2.34 bits per heavy atom. The molecule has 3 aromatic rings. The van der Waals surface area contributed by atoms with Crippen molar-refractivity contribution in [2.75, 3.05) is 51.3 Å². The zero-order chi connectivity index (χ0) is 22.3. The van der Waals surface area contributed by atoms with E-state index in [0.29, 0.717) is 12.4 Å². The Morgan fingerprint density at radius 1 is 0.969 bits per heavy atom. The van der Waals surface area contributed by atoms with Gasteiger partial charge in [-0.05, 0) is 47.5 Å². The average molecular weight is 450 g/mol. The molecule has 6 heteroatoms. The molecule has 1 saturated heterocycles. The van der Waals surface area contributed by atoms with Crippen LogP contribution >= 0.6 is 11.6 Å². The van der Waals surface area contributed by atoms with Crippen LogP contribution < -0.4 is 14.4 Å². The summed E-state index contributed by atoms with van der Waals surface area (Å²) >= 11 is 6.01. The third-order valence-electron chi connectivity index (χ3n) is 5.77. The predicted molar refractivity (Wildman–Crippen MR) is 132 cm³/mol. The number of nitrogens with zero attached hydrogens (tertiary/aromatic N) is 2. The molecular formula is C26H28ClN3O2. The molecule has 0 spiro atoms. The summed E-state index contributed by atoms with van der Waals surface area (Å²) in [6.45, 7) is 5.35. The van der Waals surface area contributed by atoms with Crippen LogP contribution in [0.3, 0.4) is 0 Å². The molecule has 0 aromatic heterocycles. The molecule has 32 heavy (non-hydrogen) atoms. The molecule has 0 bridgehead atoms. The molecule has 0 atom stereocenters. The van der Waals surface area contributed by atoms with Gasteiger partial charge in [-0.3, -0.25) is 4.90 Å². The van der Waals surface area contributed by atoms with Crippen LogP contribution in [0.5, 0.6) is 11.5 Å². The van der Waals surface area contributed by atoms with E-state index in [2.05, 4.69) is 21.9 Å². The first kappa shape index (κ1) is 22.2. The Balaban J connectivity index is 1.40. The summed E-state index contributed by atoms with van der Waals surface area (Å²) < 4.78 is 11.9. The zero-order valence-corrected chi connectivity index (χ0v) is 19.0. The van der Waals surface area contributed by atoms with Crippen molar-refractivity contribution in [1.82, 2.24) is 4.90 Å². The van der Waals surface area contributed by atoms with Crippen molar-refractivity contribution in [2.45, 2.75) is 0 Å². The predicted octanol–water partition coefficient (Wildman–Crippen LogP) is 5.21. The topological polar surface area (TPSA) is 48.8 Å². The first-order chi connectivity index (χ1) is 15.7. The molecule has 4 rings (SSSR count). The first-order valence-corrected chi connectivity index (χ1v) is 11.2. The maximum Gasteiger partial charge on any atom is 0.169 e. The van der Waals surface area contributed by atoms with Crippen LogP contribution in [0.25, 0.3) is 11.1 Å². The Hall–Kier alpha value is -3.02. The van der Waals surface area contributed by atoms with Gasteiger partial charge in [-0.2, -0.15) is 0 Å². The smallest absolute Gasteiger partial charge is 0.169 e. The van der Waals surface area contributed by atoms with E-state index in [-0.39, 0.29) is 0 Å². The molecule has 1 aliphatic rings. The molecule has 1 fully saturated rings. The highest BCUT2D eigenvalue weighted by atomic mass is 35.5. The van der Waals surface area contributed by atoms with Gasteiger partial charge in [-0.1, -0.05) is 41.9 Å². The van der Waals surface area contributed by atoms with E-state index in [4.69, 9.17) is 26.5 Å². The zero-order valence-electron chi connectivity index (χ0n) is 18.3. The molecule has 1 N–H and O–H groups in total. The molecule has 3 aromatic carbocycles. The lowest BCUT2D eigenvalue weighted by atomic mass is 10.0. The number of ether oxygens (including phenoxy) is 2. The third kappa shape index (κ3) is 5.23. The Labute approximate surface area is 194 Å². The number of benzene rings is 3. The lowest BCUT2D eigenvalue weighted by Crippen LogP contribution is -2.47. The third-order valence-corrected chi connectivity index (χ3v) is 6.02. The molecule has 166 valence electrons. The van der Waals surface area contributed by atoms with Crippen LogP contribution in [0.1, 0.15) is 5.56 Å². The average Bonchev–Trinajstić information content (AvgIpc) is 2.85. The second kappa shape index (κ2) is 10.5. The second-order valence-electron chi connectivity index (χ2n) is 7.76. The molecule has 0 amide bonds. The van der Waals surface area contributed by atoms with Crippen LogP contribution in [-0.2, 0) is 0 Å². The fraction of sp³-hybridized carbons (Fsp3) is 0.269. The lowest BCUT2D eigenvalue weighted by Gasteiger charge is -2.36. The summed E-state index contributed by atoms with van der Waals surface area (Å²) in [7, 11) is 1.64. The van der Waals surface area contributed by atoms with Gasteiger partial charge in [0.2, 0.25) is 0 Å². The van der Waals surface area contributed by atoms with E-state index < -0.39 is 0 Å². The highest BCUT2D eigenvalue weighted by molar-refractivity contribution is 6.30. The standard InChI is InChI=1S/C26H28ClN3O2/c1-31-25-18-20(19-28)17-24(21-5-3-2-4-6-21)26(25)32-16-15-29-11-13-30(14-12-29)23-9-7-22(27)8-10-23/h2-10,17-19,28H,11-16H2,1H3. The number of hydrogen-bond donors (Lipinski definition) is 1. The maximum absolute atomic E-state index is 7.67. The largest absolute Gasteiger partial charge is 0.493 e. The van der Waals surface area contributed by atoms with Crippen LogP contribution in [0.2, 0.25) is 5.02 Å². The highest BCUT2D eigenvalue weighted by Gasteiger charge is 2.19. The molecule has 1 aliphatic heterocycles. The molecule has 0 aliphatic carbocycles. The van der Waals surface area contributed by atoms with Gasteiger partial charge in [0.25, 0.3) is 0 Å². The molecule has 0 radical (unpaired) electrons. The number of rotatable bonds is 8. The molecule has 0 saturated carbocycles. The van der Waals surface area contributed by atoms with Crippen LogP contribution in [0.15, 0.2) is 66.7 Å². The minimum absolute atomic E-state index is 0.571. The molecular weight excluding hydrogens is 422 g/mol. The van der Waals surface area contributed by atoms with E-state index in [1.807, 2.05) is 54.6 Å². The summed E-state index contributed by atoms with van der Waals surface area (Å²) in [5, 5.41) is 8.43. The van der Waals surface area contributed by atoms with E-state index in [1.54, 1.807) is 7.11 Å². The normalized spacial score (nSPS) is 14.2. The fourth-order valence-corrected chi connectivity index (χ4v) is 4.12. The number of piperazine rings is 1. The summed E-state index contributed by atoms with van der Waals surface area (Å²) in [5.74, 6) is 1.38. The first-order valence-electron chi connectivity index (χ1n) is 10.8. The number of nitrogens with one attached hydrogen (secondary N) is 1. The minimum atomic E-state index is 0.571. The fourth-order valence-electron chi connectivity index (χ4n) is 4.00. The van der Waals surface area contributed by atoms with E-state index in [1.165, 1.54) is 11.9 Å². The Kier molecular flexibility index (Phi) is 7.30. The van der Waals surface area contributed by atoms with Gasteiger partial charge in [-0.25, -0.2) is 0 Å². The van der Waals surface area contributed by atoms with Crippen LogP contribution in [-0.4, -0.2) is 57.6 Å². The van der Waals surface area contributed by atoms with Gasteiger partial charge in [0.15, 0.2) is 11.5 Å². The van der Waals surface area contributed by atoms with Crippen molar-refractivity contribution >= 4 is 23.5 Å². The van der Waals surface area contributed by atoms with Gasteiger partial charge < -0.3 is 19.8 Å². The molecule has 5 nitrogen and oxygen atoms in total. The van der Waals surface area contributed by atoms with E-state index in [0.717, 1.165) is 60.2 Å². The minimum Gasteiger partial charge on any atom is -0.493 e. The van der Waals surface area contributed by atoms with Crippen molar-refractivity contribution in [2.24, 2.45) is 0 Å². The van der Waals surface area contributed by atoms with Gasteiger partial charge in [0, 0.05) is 55.2 Å². The summed E-state index contributed by atoms with van der Waals surface area (Å²) in [6, 6.07) is 22.0. The molecule has 1 heterocycles. The number of halogens is 1. The van der Waals surface area contributed by atoms with Gasteiger partial charge in [-0.15, -0.1) is 0 Å². The maximum atomic E-state index is 7.67. The molecule has 0 unspecified atom stereocenters.